The molecule has 1 rings (SSSR count). The van der Waals surface area contributed by atoms with Crippen molar-refractivity contribution in [3.8, 4) is 0 Å². The van der Waals surface area contributed by atoms with Gasteiger partial charge in [-0.05, 0) is 24.8 Å². The Morgan fingerprint density at radius 3 is 1.80 bits per heavy atom. The fourth-order valence-electron chi connectivity index (χ4n) is 3.77. The van der Waals surface area contributed by atoms with Crippen LogP contribution in [0, 0.1) is 0 Å². The first-order chi connectivity index (χ1) is 14.8. The Hall–Kier alpha value is -1.64. The molecule has 0 saturated carbocycles. The molecule has 0 aliphatic heterocycles. The number of hydrogen-bond donors (Lipinski definition) is 1. The van der Waals surface area contributed by atoms with Crippen molar-refractivity contribution in [1.82, 2.24) is 5.43 Å². The van der Waals surface area contributed by atoms with Crippen molar-refractivity contribution in [2.45, 2.75) is 122 Å². The van der Waals surface area contributed by atoms with Crippen LogP contribution >= 0.6 is 0 Å². The van der Waals surface area contributed by atoms with E-state index in [1.54, 1.807) is 6.21 Å². The van der Waals surface area contributed by atoms with Gasteiger partial charge in [0.1, 0.15) is 0 Å². The molecule has 0 radical (unpaired) electrons. The van der Waals surface area contributed by atoms with Gasteiger partial charge in [-0.25, -0.2) is 5.43 Å². The van der Waals surface area contributed by atoms with Crippen LogP contribution in [-0.2, 0) is 11.2 Å². The molecule has 3 heteroatoms. The summed E-state index contributed by atoms with van der Waals surface area (Å²) in [6, 6.07) is 10.3. The second-order valence-electron chi connectivity index (χ2n) is 8.57. The molecule has 0 aromatic heterocycles. The van der Waals surface area contributed by atoms with Crippen molar-refractivity contribution in [3.05, 3.63) is 35.9 Å². The summed E-state index contributed by atoms with van der Waals surface area (Å²) in [4.78, 5) is 11.8. The molecule has 1 aromatic rings. The molecule has 1 amide bonds. The van der Waals surface area contributed by atoms with Crippen molar-refractivity contribution in [3.63, 3.8) is 0 Å². The van der Waals surface area contributed by atoms with Gasteiger partial charge in [0.2, 0.25) is 5.91 Å². The second kappa shape index (κ2) is 20.6. The van der Waals surface area contributed by atoms with Crippen molar-refractivity contribution >= 4 is 12.1 Å². The van der Waals surface area contributed by atoms with Gasteiger partial charge in [0.25, 0.3) is 0 Å². The minimum atomic E-state index is 0.0423. The van der Waals surface area contributed by atoms with Crippen LogP contribution in [0.5, 0.6) is 0 Å². The summed E-state index contributed by atoms with van der Waals surface area (Å²) in [5.74, 6) is 0.0423. The van der Waals surface area contributed by atoms with Crippen LogP contribution in [0.25, 0.3) is 0 Å². The molecule has 0 bridgehead atoms. The Morgan fingerprint density at radius 2 is 1.27 bits per heavy atom. The van der Waals surface area contributed by atoms with Gasteiger partial charge >= 0.3 is 0 Å². The summed E-state index contributed by atoms with van der Waals surface area (Å²) in [7, 11) is 0. The van der Waals surface area contributed by atoms with E-state index in [1.807, 2.05) is 18.2 Å². The molecule has 30 heavy (non-hydrogen) atoms. The van der Waals surface area contributed by atoms with Crippen LogP contribution in [0.1, 0.15) is 122 Å². The first-order valence-corrected chi connectivity index (χ1v) is 12.7. The summed E-state index contributed by atoms with van der Waals surface area (Å²) in [5.41, 5.74) is 3.95. The number of hydrazone groups is 1. The van der Waals surface area contributed by atoms with E-state index < -0.39 is 0 Å². The number of amides is 1. The Morgan fingerprint density at radius 1 is 0.767 bits per heavy atom. The normalized spacial score (nSPS) is 11.2. The first-order valence-electron chi connectivity index (χ1n) is 12.7. The molecule has 1 aromatic carbocycles. The van der Waals surface area contributed by atoms with Gasteiger partial charge in [0.15, 0.2) is 0 Å². The summed E-state index contributed by atoms with van der Waals surface area (Å²) in [6.07, 6.45) is 24.4. The molecule has 0 saturated heterocycles. The second-order valence-corrected chi connectivity index (χ2v) is 8.57. The van der Waals surface area contributed by atoms with E-state index in [4.69, 9.17) is 0 Å². The number of unbranched alkanes of at least 4 members (excludes halogenated alkanes) is 14. The molecule has 0 aliphatic rings. The average molecular weight is 415 g/mol. The number of carbonyl (C=O) groups excluding carboxylic acids is 1. The maximum atomic E-state index is 11.8. The largest absolute Gasteiger partial charge is 0.273 e. The number of aryl methyl sites for hydroxylation is 1. The maximum Gasteiger partial charge on any atom is 0.240 e. The van der Waals surface area contributed by atoms with Crippen LogP contribution < -0.4 is 5.43 Å². The third-order valence-electron chi connectivity index (χ3n) is 5.69. The summed E-state index contributed by atoms with van der Waals surface area (Å²) in [6.45, 7) is 2.28. The fourth-order valence-corrected chi connectivity index (χ4v) is 3.77. The smallest absolute Gasteiger partial charge is 0.240 e. The number of rotatable bonds is 20. The van der Waals surface area contributed by atoms with Gasteiger partial charge in [-0.2, -0.15) is 5.10 Å². The van der Waals surface area contributed by atoms with Gasteiger partial charge in [0.05, 0.1) is 0 Å². The zero-order valence-corrected chi connectivity index (χ0v) is 19.5. The molecule has 3 nitrogen and oxygen atoms in total. The molecule has 0 unspecified atom stereocenters. The highest BCUT2D eigenvalue weighted by atomic mass is 16.2. The minimum Gasteiger partial charge on any atom is -0.273 e. The Bertz CT molecular complexity index is 527. The fraction of sp³-hybridized carbons (Fsp3) is 0.704. The molecular formula is C27H46N2O. The van der Waals surface area contributed by atoms with E-state index in [2.05, 4.69) is 29.6 Å². The average Bonchev–Trinajstić information content (AvgIpc) is 2.77. The first kappa shape index (κ1) is 26.4. The maximum absolute atomic E-state index is 11.8. The van der Waals surface area contributed by atoms with E-state index >= 15 is 0 Å². The number of benzene rings is 1. The highest BCUT2D eigenvalue weighted by Gasteiger charge is 1.99. The third-order valence-corrected chi connectivity index (χ3v) is 5.69. The Kier molecular flexibility index (Phi) is 18.1. The summed E-state index contributed by atoms with van der Waals surface area (Å²) in [5, 5.41) is 4.05. The lowest BCUT2D eigenvalue weighted by molar-refractivity contribution is -0.121. The lowest BCUT2D eigenvalue weighted by Gasteiger charge is -2.03. The Labute approximate surface area is 186 Å². The molecule has 0 fully saturated rings. The zero-order chi connectivity index (χ0) is 21.5. The quantitative estimate of drug-likeness (QED) is 0.131. The predicted molar refractivity (Wildman–Crippen MR) is 131 cm³/mol. The third kappa shape index (κ3) is 17.2. The predicted octanol–water partition coefficient (Wildman–Crippen LogP) is 7.98. The molecule has 170 valence electrons. The molecule has 0 heterocycles. The highest BCUT2D eigenvalue weighted by Crippen LogP contribution is 2.13. The number of nitrogens with zero attached hydrogens (tertiary/aromatic N) is 1. The number of nitrogens with one attached hydrogen (secondary N) is 1. The van der Waals surface area contributed by atoms with Crippen LogP contribution in [0.4, 0.5) is 0 Å². The van der Waals surface area contributed by atoms with Crippen LogP contribution in [-0.4, -0.2) is 12.1 Å². The van der Waals surface area contributed by atoms with Crippen LogP contribution in [0.2, 0.25) is 0 Å². The zero-order valence-electron chi connectivity index (χ0n) is 19.5. The van der Waals surface area contributed by atoms with Gasteiger partial charge in [-0.3, -0.25) is 4.79 Å². The van der Waals surface area contributed by atoms with Gasteiger partial charge in [-0.1, -0.05) is 127 Å². The topological polar surface area (TPSA) is 41.5 Å². The number of carbonyl (C=O) groups is 1. The van der Waals surface area contributed by atoms with Crippen molar-refractivity contribution < 1.29 is 4.79 Å². The summed E-state index contributed by atoms with van der Waals surface area (Å²) >= 11 is 0. The van der Waals surface area contributed by atoms with E-state index in [-0.39, 0.29) is 5.91 Å². The number of hydrogen-bond acceptors (Lipinski definition) is 2. The van der Waals surface area contributed by atoms with E-state index in [9.17, 15) is 4.79 Å². The molecule has 0 atom stereocenters. The molecule has 0 aliphatic carbocycles. The summed E-state index contributed by atoms with van der Waals surface area (Å²) < 4.78 is 0. The highest BCUT2D eigenvalue weighted by molar-refractivity contribution is 5.76. The van der Waals surface area contributed by atoms with Gasteiger partial charge < -0.3 is 0 Å². The monoisotopic (exact) mass is 414 g/mol. The van der Waals surface area contributed by atoms with Crippen LogP contribution in [0.15, 0.2) is 35.4 Å². The van der Waals surface area contributed by atoms with Gasteiger partial charge in [-0.15, -0.1) is 0 Å². The lowest BCUT2D eigenvalue weighted by Crippen LogP contribution is -2.16. The molecule has 1 N–H and O–H groups in total. The standard InChI is InChI=1S/C27H46N2O/c1-2-3-4-5-6-7-8-9-10-11-12-13-14-15-19-24-27(30)29-28-25-20-23-26-21-17-16-18-22-26/h16-18,21-22,25H,2-15,19-20,23-24H2,1H3,(H,29,30)/b28-25+. The molecular weight excluding hydrogens is 368 g/mol. The van der Waals surface area contributed by atoms with E-state index in [1.165, 1.54) is 89.0 Å². The van der Waals surface area contributed by atoms with Crippen LogP contribution in [0.3, 0.4) is 0 Å². The minimum absolute atomic E-state index is 0.0423. The van der Waals surface area contributed by atoms with E-state index in [0.29, 0.717) is 6.42 Å². The SMILES string of the molecule is CCCCCCCCCCCCCCCCCC(=O)N/N=C/CCc1ccccc1. The Balaban J connectivity index is 1.79. The van der Waals surface area contributed by atoms with Crippen molar-refractivity contribution in [1.29, 1.82) is 0 Å². The lowest BCUT2D eigenvalue weighted by atomic mass is 10.0. The van der Waals surface area contributed by atoms with Gasteiger partial charge in [0, 0.05) is 12.6 Å². The van der Waals surface area contributed by atoms with E-state index in [0.717, 1.165) is 25.7 Å². The van der Waals surface area contributed by atoms with Crippen molar-refractivity contribution in [2.24, 2.45) is 5.10 Å². The van der Waals surface area contributed by atoms with Crippen molar-refractivity contribution in [2.75, 3.05) is 0 Å². The molecule has 0 spiro atoms.